The Labute approximate surface area is 115 Å². The average molecular weight is 292 g/mol. The van der Waals surface area contributed by atoms with Crippen molar-refractivity contribution in [1.82, 2.24) is 4.98 Å². The maximum Gasteiger partial charge on any atom is 0.221 e. The van der Waals surface area contributed by atoms with E-state index in [1.807, 2.05) is 0 Å². The third kappa shape index (κ3) is 2.13. The van der Waals surface area contributed by atoms with Crippen molar-refractivity contribution in [3.8, 4) is 0 Å². The second-order valence-electron chi connectivity index (χ2n) is 4.18. The molecule has 0 aliphatic rings. The molecule has 0 saturated heterocycles. The molecule has 0 unspecified atom stereocenters. The fourth-order valence-electron chi connectivity index (χ4n) is 1.94. The molecule has 0 spiro atoms. The zero-order valence-electron chi connectivity index (χ0n) is 9.80. The first-order valence-electron chi connectivity index (χ1n) is 5.66. The standard InChI is InChI=1S/C14H10ClNO2S/c15-11-7-6-10-8-14(16-13(10)9-11)19(17,18)12-4-2-1-3-5-12/h1-9,16H. The summed E-state index contributed by atoms with van der Waals surface area (Å²) in [6, 6.07) is 15.2. The third-order valence-electron chi connectivity index (χ3n) is 2.90. The summed E-state index contributed by atoms with van der Waals surface area (Å²) in [6.07, 6.45) is 0. The number of sulfone groups is 1. The quantitative estimate of drug-likeness (QED) is 0.783. The van der Waals surface area contributed by atoms with E-state index in [1.165, 1.54) is 0 Å². The van der Waals surface area contributed by atoms with Gasteiger partial charge in [0.05, 0.1) is 4.90 Å². The van der Waals surface area contributed by atoms with Crippen LogP contribution < -0.4 is 0 Å². The van der Waals surface area contributed by atoms with Crippen LogP contribution in [0, 0.1) is 0 Å². The van der Waals surface area contributed by atoms with E-state index in [0.717, 1.165) is 5.39 Å². The van der Waals surface area contributed by atoms with Gasteiger partial charge in [-0.05, 0) is 30.3 Å². The van der Waals surface area contributed by atoms with Crippen molar-refractivity contribution in [2.75, 3.05) is 0 Å². The Kier molecular flexibility index (Phi) is 2.84. The van der Waals surface area contributed by atoms with Gasteiger partial charge in [-0.15, -0.1) is 0 Å². The molecule has 1 aromatic heterocycles. The van der Waals surface area contributed by atoms with Gasteiger partial charge in [-0.2, -0.15) is 0 Å². The summed E-state index contributed by atoms with van der Waals surface area (Å²) in [5.41, 5.74) is 0.710. The van der Waals surface area contributed by atoms with Crippen molar-refractivity contribution < 1.29 is 8.42 Å². The molecule has 19 heavy (non-hydrogen) atoms. The van der Waals surface area contributed by atoms with Gasteiger partial charge in [0.2, 0.25) is 9.84 Å². The molecule has 0 aliphatic carbocycles. The van der Waals surface area contributed by atoms with Crippen LogP contribution in [0.4, 0.5) is 0 Å². The van der Waals surface area contributed by atoms with Crippen LogP contribution >= 0.6 is 11.6 Å². The van der Waals surface area contributed by atoms with Crippen molar-refractivity contribution in [3.63, 3.8) is 0 Å². The first kappa shape index (κ1) is 12.3. The number of aromatic amines is 1. The molecule has 1 N–H and O–H groups in total. The topological polar surface area (TPSA) is 49.9 Å². The second-order valence-corrected chi connectivity index (χ2v) is 6.54. The highest BCUT2D eigenvalue weighted by atomic mass is 35.5. The number of halogens is 1. The Bertz CT molecular complexity index is 838. The second kappa shape index (κ2) is 4.40. The van der Waals surface area contributed by atoms with Crippen LogP contribution in [0.2, 0.25) is 5.02 Å². The number of benzene rings is 2. The average Bonchev–Trinajstić information content (AvgIpc) is 2.83. The van der Waals surface area contributed by atoms with E-state index in [0.29, 0.717) is 10.5 Å². The molecule has 96 valence electrons. The highest BCUT2D eigenvalue weighted by Crippen LogP contribution is 2.25. The number of rotatable bonds is 2. The predicted octanol–water partition coefficient (Wildman–Crippen LogP) is 3.65. The van der Waals surface area contributed by atoms with E-state index in [-0.39, 0.29) is 9.92 Å². The number of hydrogen-bond acceptors (Lipinski definition) is 2. The minimum absolute atomic E-state index is 0.177. The van der Waals surface area contributed by atoms with Crippen molar-refractivity contribution in [2.45, 2.75) is 9.92 Å². The Morgan fingerprint density at radius 2 is 1.68 bits per heavy atom. The largest absolute Gasteiger partial charge is 0.345 e. The lowest BCUT2D eigenvalue weighted by molar-refractivity contribution is 0.593. The number of H-pyrrole nitrogens is 1. The Balaban J connectivity index is 2.19. The van der Waals surface area contributed by atoms with Crippen LogP contribution in [0.1, 0.15) is 0 Å². The summed E-state index contributed by atoms with van der Waals surface area (Å²) in [5.74, 6) is 0. The van der Waals surface area contributed by atoms with Crippen LogP contribution in [0.25, 0.3) is 10.9 Å². The molecule has 0 amide bonds. The maximum absolute atomic E-state index is 12.4. The van der Waals surface area contributed by atoms with Crippen molar-refractivity contribution in [1.29, 1.82) is 0 Å². The summed E-state index contributed by atoms with van der Waals surface area (Å²) in [6.45, 7) is 0. The summed E-state index contributed by atoms with van der Waals surface area (Å²) < 4.78 is 24.8. The molecule has 0 atom stereocenters. The molecule has 0 bridgehead atoms. The fourth-order valence-corrected chi connectivity index (χ4v) is 3.41. The van der Waals surface area contributed by atoms with Crippen LogP contribution in [0.5, 0.6) is 0 Å². The van der Waals surface area contributed by atoms with Gasteiger partial charge < -0.3 is 4.98 Å². The lowest BCUT2D eigenvalue weighted by atomic mass is 10.2. The number of aromatic nitrogens is 1. The van der Waals surface area contributed by atoms with E-state index < -0.39 is 9.84 Å². The molecular weight excluding hydrogens is 282 g/mol. The third-order valence-corrected chi connectivity index (χ3v) is 4.83. The van der Waals surface area contributed by atoms with Crippen LogP contribution in [0.3, 0.4) is 0 Å². The molecule has 0 radical (unpaired) electrons. The van der Waals surface area contributed by atoms with E-state index in [4.69, 9.17) is 11.6 Å². The van der Waals surface area contributed by atoms with Gasteiger partial charge >= 0.3 is 0 Å². The maximum atomic E-state index is 12.4. The molecule has 5 heteroatoms. The first-order chi connectivity index (χ1) is 9.07. The summed E-state index contributed by atoms with van der Waals surface area (Å²) in [7, 11) is -3.51. The van der Waals surface area contributed by atoms with Gasteiger partial charge in [-0.1, -0.05) is 35.9 Å². The monoisotopic (exact) mass is 291 g/mol. The van der Waals surface area contributed by atoms with E-state index in [2.05, 4.69) is 4.98 Å². The van der Waals surface area contributed by atoms with Gasteiger partial charge in [-0.3, -0.25) is 0 Å². The van der Waals surface area contributed by atoms with Crippen LogP contribution in [-0.2, 0) is 9.84 Å². The smallest absolute Gasteiger partial charge is 0.221 e. The van der Waals surface area contributed by atoms with Gasteiger partial charge in [0, 0.05) is 15.9 Å². The fraction of sp³-hybridized carbons (Fsp3) is 0. The first-order valence-corrected chi connectivity index (χ1v) is 7.52. The molecule has 0 saturated carbocycles. The van der Waals surface area contributed by atoms with Crippen molar-refractivity contribution in [2.24, 2.45) is 0 Å². The molecule has 3 nitrogen and oxygen atoms in total. The molecule has 0 aliphatic heterocycles. The Morgan fingerprint density at radius 3 is 2.42 bits per heavy atom. The summed E-state index contributed by atoms with van der Waals surface area (Å²) >= 11 is 5.89. The minimum Gasteiger partial charge on any atom is -0.345 e. The molecule has 0 fully saturated rings. The lowest BCUT2D eigenvalue weighted by Gasteiger charge is -2.00. The van der Waals surface area contributed by atoms with Gasteiger partial charge in [0.15, 0.2) is 0 Å². The minimum atomic E-state index is -3.51. The lowest BCUT2D eigenvalue weighted by Crippen LogP contribution is -2.01. The van der Waals surface area contributed by atoms with Gasteiger partial charge in [0.1, 0.15) is 5.03 Å². The van der Waals surface area contributed by atoms with Crippen LogP contribution in [0.15, 0.2) is 64.5 Å². The molecule has 3 rings (SSSR count). The van der Waals surface area contributed by atoms with Crippen molar-refractivity contribution >= 4 is 32.3 Å². The van der Waals surface area contributed by atoms with Crippen molar-refractivity contribution in [3.05, 3.63) is 59.6 Å². The molecular formula is C14H10ClNO2S. The number of fused-ring (bicyclic) bond motifs is 1. The Morgan fingerprint density at radius 1 is 0.947 bits per heavy atom. The Hall–Kier alpha value is -1.78. The molecule has 1 heterocycles. The van der Waals surface area contributed by atoms with E-state index in [1.54, 1.807) is 54.6 Å². The zero-order valence-corrected chi connectivity index (χ0v) is 11.4. The number of nitrogens with one attached hydrogen (secondary N) is 1. The summed E-state index contributed by atoms with van der Waals surface area (Å²) in [5, 5.41) is 1.56. The van der Waals surface area contributed by atoms with Gasteiger partial charge in [0.25, 0.3) is 0 Å². The van der Waals surface area contributed by atoms with Crippen LogP contribution in [-0.4, -0.2) is 13.4 Å². The highest BCUT2D eigenvalue weighted by molar-refractivity contribution is 7.91. The SMILES string of the molecule is O=S(=O)(c1ccccc1)c1cc2ccc(Cl)cc2[nH]1. The molecule has 2 aromatic carbocycles. The predicted molar refractivity (Wildman–Crippen MR) is 75.2 cm³/mol. The van der Waals surface area contributed by atoms with E-state index >= 15 is 0 Å². The molecule has 3 aromatic rings. The number of hydrogen-bond donors (Lipinski definition) is 1. The zero-order chi connectivity index (χ0) is 13.5. The van der Waals surface area contributed by atoms with Gasteiger partial charge in [-0.25, -0.2) is 8.42 Å². The summed E-state index contributed by atoms with van der Waals surface area (Å²) in [4.78, 5) is 3.17. The highest BCUT2D eigenvalue weighted by Gasteiger charge is 2.19. The van der Waals surface area contributed by atoms with E-state index in [9.17, 15) is 8.42 Å². The normalized spacial score (nSPS) is 11.8.